The SMILES string of the molecule is O=C(OCC(O)CO)c1c(Cl)c(Cl)c(Cl)c(Cl)c1-c1c2cc(I)c(=O)c(I)c-2oc2c(I)c(O)c(I)cc12. The molecule has 0 saturated carbocycles. The third-order valence-corrected chi connectivity index (χ3v) is 10.8. The van der Waals surface area contributed by atoms with Crippen LogP contribution in [0.1, 0.15) is 10.4 Å². The van der Waals surface area contributed by atoms with E-state index in [0.29, 0.717) is 27.2 Å². The summed E-state index contributed by atoms with van der Waals surface area (Å²) in [4.78, 5) is 26.2. The lowest BCUT2D eigenvalue weighted by molar-refractivity contribution is 0.00940. The largest absolute Gasteiger partial charge is 0.506 e. The van der Waals surface area contributed by atoms with Crippen LogP contribution in [0.5, 0.6) is 5.75 Å². The standard InChI is InChI=1S/C23H10Cl4I4O7/c24-13-11(12(14(25)16(27)15(13)26)23(36)37-4-5(33)3-32)10-6-1-8(28)19(34)17(30)21(6)38-22-7(10)2-9(29)20(35)18(22)31/h1-2,5,32-34H,3-4H2. The van der Waals surface area contributed by atoms with Crippen LogP contribution in [0, 0.1) is 14.3 Å². The number of aliphatic hydroxyl groups excluding tert-OH is 2. The molecule has 38 heavy (non-hydrogen) atoms. The van der Waals surface area contributed by atoms with E-state index in [2.05, 4.69) is 0 Å². The number of ether oxygens (including phenoxy) is 1. The molecule has 1 aliphatic heterocycles. The van der Waals surface area contributed by atoms with E-state index >= 15 is 0 Å². The van der Waals surface area contributed by atoms with E-state index in [1.807, 2.05) is 90.4 Å². The minimum Gasteiger partial charge on any atom is -0.506 e. The fourth-order valence-electron chi connectivity index (χ4n) is 3.62. The zero-order chi connectivity index (χ0) is 28.2. The first kappa shape index (κ1) is 31.3. The van der Waals surface area contributed by atoms with E-state index in [1.54, 1.807) is 12.1 Å². The molecule has 0 bridgehead atoms. The van der Waals surface area contributed by atoms with Gasteiger partial charge in [-0.15, -0.1) is 0 Å². The molecule has 15 heteroatoms. The summed E-state index contributed by atoms with van der Waals surface area (Å²) in [7, 11) is 0. The van der Waals surface area contributed by atoms with Crippen LogP contribution < -0.4 is 5.43 Å². The van der Waals surface area contributed by atoms with Crippen LogP contribution in [0.15, 0.2) is 21.3 Å². The number of aliphatic hydroxyl groups is 2. The molecule has 0 radical (unpaired) electrons. The van der Waals surface area contributed by atoms with Gasteiger partial charge in [-0.25, -0.2) is 4.79 Å². The van der Waals surface area contributed by atoms with E-state index in [0.717, 1.165) is 0 Å². The molecule has 1 atom stereocenters. The zero-order valence-corrected chi connectivity index (χ0v) is 29.8. The smallest absolute Gasteiger partial charge is 0.340 e. The van der Waals surface area contributed by atoms with Gasteiger partial charge in [0.1, 0.15) is 22.0 Å². The lowest BCUT2D eigenvalue weighted by Crippen LogP contribution is -2.22. The summed E-state index contributed by atoms with van der Waals surface area (Å²) in [5.41, 5.74) is 0.477. The van der Waals surface area contributed by atoms with Gasteiger partial charge < -0.3 is 24.5 Å². The van der Waals surface area contributed by atoms with Crippen LogP contribution in [0.25, 0.3) is 33.4 Å². The monoisotopic (exact) mass is 1050 g/mol. The lowest BCUT2D eigenvalue weighted by Gasteiger charge is -2.22. The summed E-state index contributed by atoms with van der Waals surface area (Å²) in [5, 5.41) is 29.2. The summed E-state index contributed by atoms with van der Waals surface area (Å²) in [5.74, 6) is -0.843. The number of carbonyl (C=O) groups excluding carboxylic acids is 1. The molecule has 0 saturated heterocycles. The van der Waals surface area contributed by atoms with Gasteiger partial charge in [0, 0.05) is 22.1 Å². The summed E-state index contributed by atoms with van der Waals surface area (Å²) < 4.78 is 12.8. The predicted molar refractivity (Wildman–Crippen MR) is 180 cm³/mol. The molecule has 1 heterocycles. The number of fused-ring (bicyclic) bond motifs is 2. The van der Waals surface area contributed by atoms with Gasteiger partial charge >= 0.3 is 5.97 Å². The molecule has 1 unspecified atom stereocenters. The number of benzene rings is 3. The van der Waals surface area contributed by atoms with Crippen LogP contribution in [0.2, 0.25) is 20.1 Å². The Morgan fingerprint density at radius 1 is 0.947 bits per heavy atom. The van der Waals surface area contributed by atoms with E-state index in [-0.39, 0.29) is 57.3 Å². The first-order chi connectivity index (χ1) is 17.8. The molecular weight excluding hydrogens is 1040 g/mol. The lowest BCUT2D eigenvalue weighted by atomic mass is 9.90. The van der Waals surface area contributed by atoms with E-state index in [9.17, 15) is 19.8 Å². The number of esters is 1. The Balaban J connectivity index is 2.26. The second-order valence-electron chi connectivity index (χ2n) is 7.69. The number of phenolic OH excluding ortho intramolecular Hbond substituents is 1. The molecule has 0 aromatic heterocycles. The van der Waals surface area contributed by atoms with E-state index in [4.69, 9.17) is 60.7 Å². The number of hydrogen-bond acceptors (Lipinski definition) is 7. The second kappa shape index (κ2) is 12.3. The Hall–Kier alpha value is 0.400. The Morgan fingerprint density at radius 3 is 2.21 bits per heavy atom. The van der Waals surface area contributed by atoms with Gasteiger partial charge in [0.2, 0.25) is 5.43 Å². The summed E-state index contributed by atoms with van der Waals surface area (Å²) in [6.45, 7) is -1.17. The second-order valence-corrected chi connectivity index (χ2v) is 13.7. The highest BCUT2D eigenvalue weighted by Gasteiger charge is 2.33. The van der Waals surface area contributed by atoms with Gasteiger partial charge in [0.25, 0.3) is 0 Å². The Morgan fingerprint density at radius 2 is 1.58 bits per heavy atom. The number of hydrogen-bond donors (Lipinski definition) is 3. The maximum Gasteiger partial charge on any atom is 0.340 e. The third-order valence-electron chi connectivity index (χ3n) is 5.36. The van der Waals surface area contributed by atoms with Crippen LogP contribution in [0.4, 0.5) is 0 Å². The minimum atomic E-state index is -1.33. The molecule has 200 valence electrons. The van der Waals surface area contributed by atoms with Gasteiger partial charge in [-0.3, -0.25) is 4.79 Å². The number of halogens is 8. The number of phenols is 1. The summed E-state index contributed by atoms with van der Waals surface area (Å²) in [6.07, 6.45) is -1.33. The number of aromatic hydroxyl groups is 1. The van der Waals surface area contributed by atoms with Crippen molar-refractivity contribution in [1.29, 1.82) is 0 Å². The molecule has 4 rings (SSSR count). The summed E-state index contributed by atoms with van der Waals surface area (Å²) >= 11 is 33.7. The molecule has 0 fully saturated rings. The first-order valence-electron chi connectivity index (χ1n) is 10.1. The molecule has 2 aromatic carbocycles. The fourth-order valence-corrected chi connectivity index (χ4v) is 8.22. The maximum absolute atomic E-state index is 13.4. The van der Waals surface area contributed by atoms with E-state index in [1.165, 1.54) is 0 Å². The van der Waals surface area contributed by atoms with Crippen molar-refractivity contribution in [2.24, 2.45) is 0 Å². The third kappa shape index (κ3) is 5.46. The molecule has 2 aliphatic rings. The molecular formula is C23H10Cl4I4O7. The van der Waals surface area contributed by atoms with Crippen molar-refractivity contribution in [3.05, 3.63) is 62.3 Å². The number of rotatable bonds is 5. The highest BCUT2D eigenvalue weighted by molar-refractivity contribution is 14.1. The van der Waals surface area contributed by atoms with Crippen molar-refractivity contribution in [3.63, 3.8) is 0 Å². The van der Waals surface area contributed by atoms with Gasteiger partial charge in [0.15, 0.2) is 11.3 Å². The molecule has 0 spiro atoms. The molecule has 3 N–H and O–H groups in total. The minimum absolute atomic E-state index is 0.0356. The summed E-state index contributed by atoms with van der Waals surface area (Å²) in [6, 6.07) is 3.22. The van der Waals surface area contributed by atoms with Gasteiger partial charge in [-0.1, -0.05) is 46.4 Å². The van der Waals surface area contributed by atoms with Gasteiger partial charge in [0.05, 0.1) is 43.0 Å². The fraction of sp³-hybridized carbons (Fsp3) is 0.130. The van der Waals surface area contributed by atoms with Crippen molar-refractivity contribution in [1.82, 2.24) is 0 Å². The Bertz CT molecular complexity index is 1680. The van der Waals surface area contributed by atoms with Crippen molar-refractivity contribution in [2.75, 3.05) is 13.2 Å². The molecule has 0 amide bonds. The zero-order valence-electron chi connectivity index (χ0n) is 18.1. The molecule has 2 aromatic rings. The quantitative estimate of drug-likeness (QED) is 0.0615. The van der Waals surface area contributed by atoms with Crippen molar-refractivity contribution in [3.8, 4) is 28.2 Å². The number of carbonyl (C=O) groups is 1. The van der Waals surface area contributed by atoms with Gasteiger partial charge in [-0.05, 0) is 102 Å². The Kier molecular flexibility index (Phi) is 10.2. The average molecular weight is 1050 g/mol. The highest BCUT2D eigenvalue weighted by Crippen LogP contribution is 2.52. The van der Waals surface area contributed by atoms with Crippen LogP contribution >= 0.6 is 137 Å². The van der Waals surface area contributed by atoms with Crippen molar-refractivity contribution in [2.45, 2.75) is 6.10 Å². The van der Waals surface area contributed by atoms with Crippen LogP contribution in [-0.4, -0.2) is 40.6 Å². The normalized spacial score (nSPS) is 12.4. The topological polar surface area (TPSA) is 117 Å². The van der Waals surface area contributed by atoms with Crippen molar-refractivity contribution < 1.29 is 29.3 Å². The van der Waals surface area contributed by atoms with Gasteiger partial charge in [-0.2, -0.15) is 0 Å². The molecule has 7 nitrogen and oxygen atoms in total. The predicted octanol–water partition coefficient (Wildman–Crippen LogP) is 7.81. The van der Waals surface area contributed by atoms with Crippen LogP contribution in [0.3, 0.4) is 0 Å². The first-order valence-corrected chi connectivity index (χ1v) is 15.9. The Labute approximate surface area is 289 Å². The van der Waals surface area contributed by atoms with Crippen LogP contribution in [-0.2, 0) is 4.74 Å². The average Bonchev–Trinajstić information content (AvgIpc) is 2.89. The molecule has 1 aliphatic carbocycles. The maximum atomic E-state index is 13.4. The highest BCUT2D eigenvalue weighted by atomic mass is 127. The van der Waals surface area contributed by atoms with E-state index < -0.39 is 25.3 Å². The van der Waals surface area contributed by atoms with Crippen molar-refractivity contribution >= 4 is 154 Å².